The van der Waals surface area contributed by atoms with Crippen molar-refractivity contribution in [2.24, 2.45) is 0 Å². The Kier molecular flexibility index (Phi) is 6.79. The molecule has 5 N–H and O–H groups in total. The highest BCUT2D eigenvalue weighted by Crippen LogP contribution is 2.39. The van der Waals surface area contributed by atoms with Crippen molar-refractivity contribution in [2.75, 3.05) is 0 Å². The van der Waals surface area contributed by atoms with Gasteiger partial charge in [-0.3, -0.25) is 14.9 Å². The van der Waals surface area contributed by atoms with E-state index < -0.39 is 52.5 Å². The van der Waals surface area contributed by atoms with E-state index in [-0.39, 0.29) is 27.6 Å². The quantitative estimate of drug-likeness (QED) is 0.388. The molecule has 3 atom stereocenters. The molecule has 1 aromatic heterocycles. The van der Waals surface area contributed by atoms with Gasteiger partial charge in [0.25, 0.3) is 5.91 Å². The molecule has 2 aromatic rings. The number of aliphatic carboxylic acids is 2. The minimum atomic E-state index is -1.57. The monoisotopic (exact) mass is 487 g/mol. The zero-order valence-corrected chi connectivity index (χ0v) is 18.3. The van der Waals surface area contributed by atoms with E-state index in [2.05, 4.69) is 15.8 Å². The van der Waals surface area contributed by atoms with Crippen molar-refractivity contribution in [2.45, 2.75) is 42.7 Å². The molecule has 2 heterocycles. The molecule has 1 aromatic carbocycles. The molecule has 1 aliphatic heterocycles. The number of nitrogens with one attached hydrogen (secondary N) is 2. The van der Waals surface area contributed by atoms with Crippen LogP contribution in [0.1, 0.15) is 30.0 Å². The number of aliphatic hydroxyl groups excluding tert-OH is 1. The fraction of sp³-hybridized carbons (Fsp3) is 0.368. The van der Waals surface area contributed by atoms with E-state index in [1.165, 1.54) is 12.1 Å². The molecule has 13 heteroatoms. The van der Waals surface area contributed by atoms with Gasteiger partial charge in [-0.1, -0.05) is 22.8 Å². The first-order valence-corrected chi connectivity index (χ1v) is 10.5. The number of benzene rings is 1. The second kappa shape index (κ2) is 9.06. The van der Waals surface area contributed by atoms with E-state index >= 15 is 0 Å². The number of nitrogens with zero attached hydrogens (tertiary/aromatic N) is 1. The molecule has 0 spiro atoms. The minimum Gasteiger partial charge on any atom is -0.480 e. The molecule has 0 radical (unpaired) electrons. The molecule has 1 aliphatic rings. The number of halogens is 2. The topological polar surface area (TPSA) is 162 Å². The number of amides is 1. The van der Waals surface area contributed by atoms with Crippen LogP contribution in [0.25, 0.3) is 11.3 Å². The number of carbonyl (C=O) groups is 3. The van der Waals surface area contributed by atoms with Crippen LogP contribution >= 0.6 is 23.4 Å². The zero-order valence-electron chi connectivity index (χ0n) is 16.8. The van der Waals surface area contributed by atoms with E-state index in [4.69, 9.17) is 16.1 Å². The fourth-order valence-electron chi connectivity index (χ4n) is 3.37. The Balaban J connectivity index is 1.96. The molecule has 32 heavy (non-hydrogen) atoms. The Hall–Kier alpha value is -2.67. The first-order valence-electron chi connectivity index (χ1n) is 9.22. The Morgan fingerprint density at radius 3 is 2.59 bits per heavy atom. The summed E-state index contributed by atoms with van der Waals surface area (Å²) >= 11 is 7.09. The van der Waals surface area contributed by atoms with Crippen LogP contribution in [-0.4, -0.2) is 60.5 Å². The van der Waals surface area contributed by atoms with Gasteiger partial charge in [0.05, 0.1) is 16.0 Å². The maximum atomic E-state index is 14.4. The summed E-state index contributed by atoms with van der Waals surface area (Å²) in [6.07, 6.45) is 0. The lowest BCUT2D eigenvalue weighted by Gasteiger charge is -2.22. The molecule has 3 rings (SSSR count). The van der Waals surface area contributed by atoms with Gasteiger partial charge in [-0.2, -0.15) is 0 Å². The summed E-state index contributed by atoms with van der Waals surface area (Å²) in [6.45, 7) is 2.49. The van der Waals surface area contributed by atoms with Gasteiger partial charge >= 0.3 is 11.9 Å². The highest BCUT2D eigenvalue weighted by molar-refractivity contribution is 8.01. The minimum absolute atomic E-state index is 0.0781. The summed E-state index contributed by atoms with van der Waals surface area (Å²) in [6, 6.07) is 1.16. The number of carboxylic acids is 2. The lowest BCUT2D eigenvalue weighted by atomic mass is 10.0. The average Bonchev–Trinajstić information content (AvgIpc) is 3.25. The lowest BCUT2D eigenvalue weighted by Crippen LogP contribution is -2.54. The smallest absolute Gasteiger partial charge is 0.328 e. The van der Waals surface area contributed by atoms with Gasteiger partial charge in [-0.05, 0) is 26.0 Å². The largest absolute Gasteiger partial charge is 0.480 e. The molecule has 1 saturated heterocycles. The molecule has 0 aliphatic carbocycles. The van der Waals surface area contributed by atoms with Crippen molar-refractivity contribution in [1.82, 2.24) is 15.8 Å². The number of rotatable bonds is 7. The summed E-state index contributed by atoms with van der Waals surface area (Å²) < 4.78 is 18.5. The molecular formula is C19H19ClFN3O7S. The lowest BCUT2D eigenvalue weighted by molar-refractivity contribution is -0.142. The van der Waals surface area contributed by atoms with Crippen molar-refractivity contribution in [3.63, 3.8) is 0 Å². The standard InChI is InChI=1S/C19H19ClFN3O7S/c1-19(2)14(18(29)30)23-16(32-19)13(17(27)28)22-15(26)11-9(6-25)31-24-12(11)10-7(20)4-3-5-8(10)21/h3-5,13-14,16,23,25H,6H2,1-2H3,(H,22,26)(H,27,28)(H,29,30). The van der Waals surface area contributed by atoms with Gasteiger partial charge in [0.15, 0.2) is 11.8 Å². The third kappa shape index (κ3) is 4.44. The number of hydrogen-bond donors (Lipinski definition) is 5. The number of hydrogen-bond acceptors (Lipinski definition) is 8. The van der Waals surface area contributed by atoms with E-state index in [0.717, 1.165) is 17.8 Å². The molecule has 1 amide bonds. The predicted octanol–water partition coefficient (Wildman–Crippen LogP) is 1.70. The molecule has 172 valence electrons. The van der Waals surface area contributed by atoms with Crippen LogP contribution in [-0.2, 0) is 16.2 Å². The van der Waals surface area contributed by atoms with Gasteiger partial charge in [0, 0.05) is 4.75 Å². The van der Waals surface area contributed by atoms with Crippen molar-refractivity contribution in [3.05, 3.63) is 40.4 Å². The second-order valence-corrected chi connectivity index (χ2v) is 9.66. The van der Waals surface area contributed by atoms with Gasteiger partial charge in [0.1, 0.15) is 29.7 Å². The maximum Gasteiger partial charge on any atom is 0.328 e. The van der Waals surface area contributed by atoms with Crippen LogP contribution in [0.3, 0.4) is 0 Å². The van der Waals surface area contributed by atoms with Crippen molar-refractivity contribution < 1.29 is 38.6 Å². The average molecular weight is 488 g/mol. The first kappa shape index (κ1) is 24.0. The normalized spacial score (nSPS) is 20.7. The van der Waals surface area contributed by atoms with E-state index in [1.807, 2.05) is 0 Å². The Morgan fingerprint density at radius 2 is 2.06 bits per heavy atom. The van der Waals surface area contributed by atoms with Crippen LogP contribution in [0.2, 0.25) is 5.02 Å². The van der Waals surface area contributed by atoms with Crippen molar-refractivity contribution in [3.8, 4) is 11.3 Å². The zero-order chi connectivity index (χ0) is 23.8. The molecule has 0 bridgehead atoms. The fourth-order valence-corrected chi connectivity index (χ4v) is 5.10. The summed E-state index contributed by atoms with van der Waals surface area (Å²) in [5, 5.41) is 36.2. The van der Waals surface area contributed by atoms with Crippen LogP contribution in [0, 0.1) is 5.82 Å². The Labute approximate surface area is 190 Å². The Bertz CT molecular complexity index is 1060. The number of thioether (sulfide) groups is 1. The molecule has 10 nitrogen and oxygen atoms in total. The van der Waals surface area contributed by atoms with Crippen LogP contribution in [0.4, 0.5) is 4.39 Å². The van der Waals surface area contributed by atoms with Gasteiger partial charge in [-0.15, -0.1) is 11.8 Å². The van der Waals surface area contributed by atoms with E-state index in [0.29, 0.717) is 0 Å². The van der Waals surface area contributed by atoms with Crippen LogP contribution in [0.5, 0.6) is 0 Å². The first-order chi connectivity index (χ1) is 15.0. The Morgan fingerprint density at radius 1 is 1.38 bits per heavy atom. The summed E-state index contributed by atoms with van der Waals surface area (Å²) in [4.78, 5) is 36.5. The number of carboxylic acid groups (broad SMARTS) is 2. The number of aliphatic hydroxyl groups is 1. The maximum absolute atomic E-state index is 14.4. The van der Waals surface area contributed by atoms with Gasteiger partial charge in [0.2, 0.25) is 0 Å². The number of aromatic nitrogens is 1. The predicted molar refractivity (Wildman–Crippen MR) is 112 cm³/mol. The SMILES string of the molecule is CC1(C)SC(C(NC(=O)c2c(-c3c(F)cccc3Cl)noc2CO)C(=O)O)NC1C(=O)O. The summed E-state index contributed by atoms with van der Waals surface area (Å²) in [7, 11) is 0. The third-order valence-corrected chi connectivity index (χ3v) is 6.71. The highest BCUT2D eigenvalue weighted by Gasteiger charge is 2.49. The van der Waals surface area contributed by atoms with Crippen molar-refractivity contribution >= 4 is 41.2 Å². The summed E-state index contributed by atoms with van der Waals surface area (Å²) in [5.74, 6) is -4.75. The summed E-state index contributed by atoms with van der Waals surface area (Å²) in [5.41, 5.74) is -0.951. The van der Waals surface area contributed by atoms with E-state index in [1.54, 1.807) is 13.8 Å². The highest BCUT2D eigenvalue weighted by atomic mass is 35.5. The van der Waals surface area contributed by atoms with Crippen LogP contribution in [0.15, 0.2) is 22.7 Å². The number of carbonyl (C=O) groups excluding carboxylic acids is 1. The molecule has 3 unspecified atom stereocenters. The van der Waals surface area contributed by atoms with Crippen molar-refractivity contribution in [1.29, 1.82) is 0 Å². The van der Waals surface area contributed by atoms with Gasteiger partial charge < -0.3 is 25.2 Å². The second-order valence-electron chi connectivity index (χ2n) is 7.45. The van der Waals surface area contributed by atoms with Crippen LogP contribution < -0.4 is 10.6 Å². The van der Waals surface area contributed by atoms with Gasteiger partial charge in [-0.25, -0.2) is 9.18 Å². The molecular weight excluding hydrogens is 469 g/mol. The molecule has 0 saturated carbocycles. The third-order valence-electron chi connectivity index (χ3n) is 4.89. The molecule has 1 fully saturated rings. The van der Waals surface area contributed by atoms with E-state index in [9.17, 15) is 34.1 Å².